The molecule has 190 valence electrons. The Labute approximate surface area is 210 Å². The first kappa shape index (κ1) is 24.3. The highest BCUT2D eigenvalue weighted by molar-refractivity contribution is 6.43. The van der Waals surface area contributed by atoms with Crippen LogP contribution in [0.2, 0.25) is 0 Å². The molecule has 2 aromatic carbocycles. The SMILES string of the molecule is CC(C)n1ccc2ccc(C(=O)C(=O)N[C@@H](Cc3cc(F)c4c(c3)OCCO4)CN3CCCC3)cc21. The molecule has 1 fully saturated rings. The third-order valence-corrected chi connectivity index (χ3v) is 6.90. The van der Waals surface area contributed by atoms with Crippen molar-refractivity contribution in [2.75, 3.05) is 32.8 Å². The number of ketones is 1. The lowest BCUT2D eigenvalue weighted by molar-refractivity contribution is -0.117. The first-order chi connectivity index (χ1) is 17.4. The Bertz CT molecular complexity index is 1280. The molecule has 1 aromatic heterocycles. The molecule has 1 saturated heterocycles. The second kappa shape index (κ2) is 10.3. The van der Waals surface area contributed by atoms with Gasteiger partial charge in [-0.25, -0.2) is 4.39 Å². The van der Waals surface area contributed by atoms with E-state index in [0.29, 0.717) is 43.1 Å². The lowest BCUT2D eigenvalue weighted by Gasteiger charge is -2.25. The van der Waals surface area contributed by atoms with E-state index >= 15 is 0 Å². The van der Waals surface area contributed by atoms with Crippen molar-refractivity contribution >= 4 is 22.6 Å². The topological polar surface area (TPSA) is 72.8 Å². The van der Waals surface area contributed by atoms with Crippen molar-refractivity contribution in [3.63, 3.8) is 0 Å². The van der Waals surface area contributed by atoms with Crippen LogP contribution in [0.4, 0.5) is 4.39 Å². The lowest BCUT2D eigenvalue weighted by atomic mass is 10.0. The van der Waals surface area contributed by atoms with E-state index in [0.717, 1.165) is 36.8 Å². The average Bonchev–Trinajstić information content (AvgIpc) is 3.53. The lowest BCUT2D eigenvalue weighted by Crippen LogP contribution is -2.46. The van der Waals surface area contributed by atoms with Crippen LogP contribution in [0.1, 0.15) is 48.7 Å². The highest BCUT2D eigenvalue weighted by Crippen LogP contribution is 2.34. The molecule has 0 aliphatic carbocycles. The molecule has 1 N–H and O–H groups in total. The number of rotatable bonds is 8. The van der Waals surface area contributed by atoms with Crippen molar-refractivity contribution in [2.24, 2.45) is 0 Å². The van der Waals surface area contributed by atoms with Crippen molar-refractivity contribution < 1.29 is 23.5 Å². The van der Waals surface area contributed by atoms with Gasteiger partial charge in [-0.2, -0.15) is 0 Å². The van der Waals surface area contributed by atoms with E-state index in [4.69, 9.17) is 9.47 Å². The van der Waals surface area contributed by atoms with Gasteiger partial charge < -0.3 is 24.3 Å². The van der Waals surface area contributed by atoms with Gasteiger partial charge in [-0.3, -0.25) is 9.59 Å². The highest BCUT2D eigenvalue weighted by atomic mass is 19.1. The van der Waals surface area contributed by atoms with Gasteiger partial charge in [0.1, 0.15) is 13.2 Å². The zero-order valence-corrected chi connectivity index (χ0v) is 20.8. The Morgan fingerprint density at radius 2 is 1.83 bits per heavy atom. The van der Waals surface area contributed by atoms with Crippen LogP contribution in [0, 0.1) is 5.82 Å². The molecule has 0 spiro atoms. The summed E-state index contributed by atoms with van der Waals surface area (Å²) < 4.78 is 27.7. The van der Waals surface area contributed by atoms with Gasteiger partial charge in [-0.15, -0.1) is 0 Å². The molecule has 1 amide bonds. The average molecular weight is 494 g/mol. The second-order valence-corrected chi connectivity index (χ2v) is 9.90. The normalized spacial score (nSPS) is 16.4. The largest absolute Gasteiger partial charge is 0.486 e. The van der Waals surface area contributed by atoms with Crippen LogP contribution in [0.25, 0.3) is 10.9 Å². The van der Waals surface area contributed by atoms with Crippen LogP contribution >= 0.6 is 0 Å². The minimum absolute atomic E-state index is 0.127. The van der Waals surface area contributed by atoms with E-state index in [2.05, 4.69) is 28.6 Å². The fourth-order valence-corrected chi connectivity index (χ4v) is 5.13. The molecule has 3 heterocycles. The number of amides is 1. The van der Waals surface area contributed by atoms with Crippen LogP contribution in [-0.2, 0) is 11.2 Å². The van der Waals surface area contributed by atoms with Crippen LogP contribution in [0.15, 0.2) is 42.6 Å². The van der Waals surface area contributed by atoms with Gasteiger partial charge >= 0.3 is 0 Å². The van der Waals surface area contributed by atoms with Crippen molar-refractivity contribution in [1.29, 1.82) is 0 Å². The Morgan fingerprint density at radius 1 is 1.06 bits per heavy atom. The molecule has 1 atom stereocenters. The van der Waals surface area contributed by atoms with Crippen LogP contribution in [0.5, 0.6) is 11.5 Å². The Kier molecular flexibility index (Phi) is 6.96. The predicted molar refractivity (Wildman–Crippen MR) is 135 cm³/mol. The molecule has 5 rings (SSSR count). The summed E-state index contributed by atoms with van der Waals surface area (Å²) in [5.41, 5.74) is 1.96. The number of halogens is 1. The summed E-state index contributed by atoms with van der Waals surface area (Å²) in [5, 5.41) is 3.96. The van der Waals surface area contributed by atoms with Crippen LogP contribution in [0.3, 0.4) is 0 Å². The van der Waals surface area contributed by atoms with E-state index in [1.165, 1.54) is 6.07 Å². The number of ether oxygens (including phenoxy) is 2. The Hall–Kier alpha value is -3.39. The third-order valence-electron chi connectivity index (χ3n) is 6.90. The minimum Gasteiger partial charge on any atom is -0.486 e. The Balaban J connectivity index is 1.35. The number of benzene rings is 2. The van der Waals surface area contributed by atoms with Crippen LogP contribution in [-0.4, -0.2) is 60.0 Å². The molecule has 0 bridgehead atoms. The molecule has 2 aliphatic heterocycles. The third kappa shape index (κ3) is 5.09. The number of nitrogens with one attached hydrogen (secondary N) is 1. The standard InChI is InChI=1S/C28H32FN3O4/c1-18(2)32-10-7-20-5-6-21(16-24(20)32)26(33)28(34)30-22(17-31-8-3-4-9-31)13-19-14-23(29)27-25(15-19)35-11-12-36-27/h5-7,10,14-16,18,22H,3-4,8-9,11-13,17H2,1-2H3,(H,30,34)/t22-/m0/s1. The fourth-order valence-electron chi connectivity index (χ4n) is 5.13. The predicted octanol–water partition coefficient (Wildman–Crippen LogP) is 4.14. The number of aromatic nitrogens is 1. The molecule has 7 nitrogen and oxygen atoms in total. The number of hydrogen-bond donors (Lipinski definition) is 1. The van der Waals surface area contributed by atoms with E-state index in [9.17, 15) is 14.0 Å². The number of carbonyl (C=O) groups is 2. The molecule has 0 saturated carbocycles. The number of nitrogens with zero attached hydrogens (tertiary/aromatic N) is 2. The van der Waals surface area contributed by atoms with E-state index < -0.39 is 17.5 Å². The number of carbonyl (C=O) groups excluding carboxylic acids is 2. The second-order valence-electron chi connectivity index (χ2n) is 9.90. The molecule has 8 heteroatoms. The van der Waals surface area contributed by atoms with Gasteiger partial charge in [0.25, 0.3) is 5.91 Å². The summed E-state index contributed by atoms with van der Waals surface area (Å²) in [7, 11) is 0. The summed E-state index contributed by atoms with van der Waals surface area (Å²) in [6, 6.07) is 10.4. The monoisotopic (exact) mass is 493 g/mol. The summed E-state index contributed by atoms with van der Waals surface area (Å²) in [5.74, 6) is -1.21. The maximum Gasteiger partial charge on any atom is 0.292 e. The quantitative estimate of drug-likeness (QED) is 0.377. The zero-order chi connectivity index (χ0) is 25.2. The molecule has 0 unspecified atom stereocenters. The molecule has 36 heavy (non-hydrogen) atoms. The Morgan fingerprint density at radius 3 is 2.61 bits per heavy atom. The van der Waals surface area contributed by atoms with E-state index in [-0.39, 0.29) is 17.8 Å². The molecule has 2 aliphatic rings. The van der Waals surface area contributed by atoms with E-state index in [1.54, 1.807) is 18.2 Å². The van der Waals surface area contributed by atoms with Crippen molar-refractivity contribution in [3.05, 3.63) is 59.5 Å². The maximum absolute atomic E-state index is 14.6. The number of Topliss-reactive ketones (excluding diaryl/α,β-unsaturated/α-hetero) is 1. The summed E-state index contributed by atoms with van der Waals surface area (Å²) in [4.78, 5) is 28.5. The molecule has 3 aromatic rings. The van der Waals surface area contributed by atoms with Gasteiger partial charge in [0.05, 0.1) is 0 Å². The van der Waals surface area contributed by atoms with Gasteiger partial charge in [0.15, 0.2) is 17.3 Å². The smallest absolute Gasteiger partial charge is 0.292 e. The van der Waals surface area contributed by atoms with E-state index in [1.807, 2.05) is 18.3 Å². The number of likely N-dealkylation sites (tertiary alicyclic amines) is 1. The minimum atomic E-state index is -0.654. The first-order valence-corrected chi connectivity index (χ1v) is 12.6. The van der Waals surface area contributed by atoms with Crippen molar-refractivity contribution in [3.8, 4) is 11.5 Å². The fraction of sp³-hybridized carbons (Fsp3) is 0.429. The summed E-state index contributed by atoms with van der Waals surface area (Å²) in [6.45, 7) is 7.30. The van der Waals surface area contributed by atoms with Gasteiger partial charge in [-0.05, 0) is 81.4 Å². The first-order valence-electron chi connectivity index (χ1n) is 12.6. The number of hydrogen-bond acceptors (Lipinski definition) is 5. The highest BCUT2D eigenvalue weighted by Gasteiger charge is 2.26. The molecular weight excluding hydrogens is 461 g/mol. The van der Waals surface area contributed by atoms with Gasteiger partial charge in [0.2, 0.25) is 5.78 Å². The van der Waals surface area contributed by atoms with Gasteiger partial charge in [0, 0.05) is 35.9 Å². The van der Waals surface area contributed by atoms with Crippen LogP contribution < -0.4 is 14.8 Å². The maximum atomic E-state index is 14.6. The van der Waals surface area contributed by atoms with Crippen molar-refractivity contribution in [2.45, 2.75) is 45.2 Å². The zero-order valence-electron chi connectivity index (χ0n) is 20.8. The van der Waals surface area contributed by atoms with Crippen molar-refractivity contribution in [1.82, 2.24) is 14.8 Å². The molecular formula is C28H32FN3O4. The molecule has 0 radical (unpaired) electrons. The summed E-state index contributed by atoms with van der Waals surface area (Å²) >= 11 is 0. The van der Waals surface area contributed by atoms with Gasteiger partial charge in [-0.1, -0.05) is 12.1 Å². The summed E-state index contributed by atoms with van der Waals surface area (Å²) in [6.07, 6.45) is 4.57. The number of fused-ring (bicyclic) bond motifs is 2.